The average molecular weight is 264 g/mol. The molecular weight excluding hydrogens is 247 g/mol. The maximum absolute atomic E-state index is 13.3. The standard InChI is InChI=1S/C14H17FN2O2/c15-13-6-11(8-16)5-12(7-13)9-17-14(10-18)1-3-19-4-2-14/h5-7,17-18H,1-4,9-10H2. The lowest BCUT2D eigenvalue weighted by Crippen LogP contribution is -2.51. The van der Waals surface area contributed by atoms with E-state index in [9.17, 15) is 9.50 Å². The zero-order valence-corrected chi connectivity index (χ0v) is 10.7. The number of aliphatic hydroxyl groups excluding tert-OH is 1. The van der Waals surface area contributed by atoms with Gasteiger partial charge < -0.3 is 15.2 Å². The molecular formula is C14H17FN2O2. The van der Waals surface area contributed by atoms with Crippen LogP contribution in [0.5, 0.6) is 0 Å². The summed E-state index contributed by atoms with van der Waals surface area (Å²) in [7, 11) is 0. The predicted octanol–water partition coefficient (Wildman–Crippen LogP) is 1.33. The minimum Gasteiger partial charge on any atom is -0.394 e. The van der Waals surface area contributed by atoms with Gasteiger partial charge in [0.1, 0.15) is 5.82 Å². The number of ether oxygens (including phenoxy) is 1. The summed E-state index contributed by atoms with van der Waals surface area (Å²) in [6, 6.07) is 6.19. The second-order valence-electron chi connectivity index (χ2n) is 4.86. The van der Waals surface area contributed by atoms with E-state index in [1.807, 2.05) is 6.07 Å². The van der Waals surface area contributed by atoms with Gasteiger partial charge >= 0.3 is 0 Å². The molecule has 0 amide bonds. The number of hydrogen-bond acceptors (Lipinski definition) is 4. The van der Waals surface area contributed by atoms with Crippen molar-refractivity contribution < 1.29 is 14.2 Å². The van der Waals surface area contributed by atoms with E-state index < -0.39 is 5.82 Å². The van der Waals surface area contributed by atoms with E-state index in [-0.39, 0.29) is 12.1 Å². The Morgan fingerprint density at radius 3 is 2.74 bits per heavy atom. The maximum atomic E-state index is 13.3. The van der Waals surface area contributed by atoms with Crippen molar-refractivity contribution in [3.8, 4) is 6.07 Å². The zero-order chi connectivity index (χ0) is 13.7. The first-order valence-corrected chi connectivity index (χ1v) is 6.31. The molecule has 1 saturated heterocycles. The third-order valence-corrected chi connectivity index (χ3v) is 3.51. The van der Waals surface area contributed by atoms with Crippen LogP contribution in [0.1, 0.15) is 24.0 Å². The minimum atomic E-state index is -0.416. The molecule has 1 heterocycles. The lowest BCUT2D eigenvalue weighted by Gasteiger charge is -2.36. The molecule has 0 unspecified atom stereocenters. The molecule has 0 atom stereocenters. The number of aliphatic hydroxyl groups is 1. The predicted molar refractivity (Wildman–Crippen MR) is 67.8 cm³/mol. The molecule has 1 aliphatic rings. The second-order valence-corrected chi connectivity index (χ2v) is 4.86. The molecule has 0 radical (unpaired) electrons. The first-order valence-electron chi connectivity index (χ1n) is 6.31. The van der Waals surface area contributed by atoms with Crippen molar-refractivity contribution >= 4 is 0 Å². The number of benzene rings is 1. The lowest BCUT2D eigenvalue weighted by atomic mass is 9.90. The molecule has 1 aromatic carbocycles. The molecule has 0 aliphatic carbocycles. The SMILES string of the molecule is N#Cc1cc(F)cc(CNC2(CO)CCOCC2)c1. The molecule has 0 spiro atoms. The van der Waals surface area contributed by atoms with Crippen molar-refractivity contribution in [3.05, 3.63) is 35.1 Å². The molecule has 2 N–H and O–H groups in total. The normalized spacial score (nSPS) is 17.9. The Kier molecular flexibility index (Phi) is 4.48. The molecule has 1 fully saturated rings. The van der Waals surface area contributed by atoms with Gasteiger partial charge in [0.2, 0.25) is 0 Å². The van der Waals surface area contributed by atoms with Crippen LogP contribution in [0.15, 0.2) is 18.2 Å². The molecule has 19 heavy (non-hydrogen) atoms. The highest BCUT2D eigenvalue weighted by Crippen LogP contribution is 2.21. The fraction of sp³-hybridized carbons (Fsp3) is 0.500. The first kappa shape index (κ1) is 13.9. The summed E-state index contributed by atoms with van der Waals surface area (Å²) >= 11 is 0. The fourth-order valence-electron chi connectivity index (χ4n) is 2.26. The van der Waals surface area contributed by atoms with Crippen LogP contribution in [0.3, 0.4) is 0 Å². The van der Waals surface area contributed by atoms with E-state index in [1.54, 1.807) is 6.07 Å². The number of rotatable bonds is 4. The van der Waals surface area contributed by atoms with Crippen molar-refractivity contribution in [2.24, 2.45) is 0 Å². The Morgan fingerprint density at radius 1 is 1.37 bits per heavy atom. The molecule has 1 aromatic rings. The van der Waals surface area contributed by atoms with Gasteiger partial charge in [-0.05, 0) is 36.6 Å². The smallest absolute Gasteiger partial charge is 0.124 e. The van der Waals surface area contributed by atoms with Crippen LogP contribution in [-0.2, 0) is 11.3 Å². The third kappa shape index (κ3) is 3.51. The lowest BCUT2D eigenvalue weighted by molar-refractivity contribution is 0.0111. The van der Waals surface area contributed by atoms with E-state index >= 15 is 0 Å². The number of nitrogens with zero attached hydrogens (tertiary/aromatic N) is 1. The summed E-state index contributed by atoms with van der Waals surface area (Å²) < 4.78 is 18.6. The Hall–Kier alpha value is -1.48. The van der Waals surface area contributed by atoms with Crippen molar-refractivity contribution in [2.45, 2.75) is 24.9 Å². The summed E-state index contributed by atoms with van der Waals surface area (Å²) in [5.74, 6) is -0.416. The first-order chi connectivity index (χ1) is 9.17. The summed E-state index contributed by atoms with van der Waals surface area (Å²) in [6.45, 7) is 1.67. The Morgan fingerprint density at radius 2 is 2.11 bits per heavy atom. The van der Waals surface area contributed by atoms with Gasteiger partial charge in [-0.2, -0.15) is 5.26 Å². The molecule has 0 saturated carbocycles. The summed E-state index contributed by atoms with van der Waals surface area (Å²) in [5, 5.41) is 21.6. The number of hydrogen-bond donors (Lipinski definition) is 2. The Labute approximate surface area is 111 Å². The van der Waals surface area contributed by atoms with E-state index in [4.69, 9.17) is 10.00 Å². The molecule has 0 bridgehead atoms. The van der Waals surface area contributed by atoms with Crippen LogP contribution in [0.2, 0.25) is 0 Å². The average Bonchev–Trinajstić information content (AvgIpc) is 2.45. The molecule has 2 rings (SSSR count). The molecule has 102 valence electrons. The number of nitrogens with one attached hydrogen (secondary N) is 1. The highest BCUT2D eigenvalue weighted by atomic mass is 19.1. The van der Waals surface area contributed by atoms with E-state index in [1.165, 1.54) is 12.1 Å². The molecule has 0 aromatic heterocycles. The van der Waals surface area contributed by atoms with Gasteiger partial charge in [0, 0.05) is 25.3 Å². The maximum Gasteiger partial charge on any atom is 0.124 e. The summed E-state index contributed by atoms with van der Waals surface area (Å²) in [5.41, 5.74) is 0.648. The highest BCUT2D eigenvalue weighted by Gasteiger charge is 2.31. The third-order valence-electron chi connectivity index (χ3n) is 3.51. The van der Waals surface area contributed by atoms with Crippen molar-refractivity contribution in [1.82, 2.24) is 5.32 Å². The van der Waals surface area contributed by atoms with Crippen molar-refractivity contribution in [3.63, 3.8) is 0 Å². The van der Waals surface area contributed by atoms with Crippen LogP contribution in [0.4, 0.5) is 4.39 Å². The molecule has 1 aliphatic heterocycles. The van der Waals surface area contributed by atoms with Crippen LogP contribution in [0.25, 0.3) is 0 Å². The van der Waals surface area contributed by atoms with E-state index in [0.29, 0.717) is 30.9 Å². The monoisotopic (exact) mass is 264 g/mol. The van der Waals surface area contributed by atoms with E-state index in [0.717, 1.165) is 12.8 Å². The van der Waals surface area contributed by atoms with Crippen LogP contribution < -0.4 is 5.32 Å². The van der Waals surface area contributed by atoms with Gasteiger partial charge in [0.25, 0.3) is 0 Å². The fourth-order valence-corrected chi connectivity index (χ4v) is 2.26. The number of nitriles is 1. The summed E-state index contributed by atoms with van der Waals surface area (Å²) in [6.07, 6.45) is 1.45. The van der Waals surface area contributed by atoms with Gasteiger partial charge in [-0.25, -0.2) is 4.39 Å². The molecule has 5 heteroatoms. The second kappa shape index (κ2) is 6.11. The van der Waals surface area contributed by atoms with Gasteiger partial charge in [0.05, 0.1) is 18.2 Å². The minimum absolute atomic E-state index is 0.0246. The highest BCUT2D eigenvalue weighted by molar-refractivity contribution is 5.33. The van der Waals surface area contributed by atoms with Crippen LogP contribution in [0, 0.1) is 17.1 Å². The summed E-state index contributed by atoms with van der Waals surface area (Å²) in [4.78, 5) is 0. The quantitative estimate of drug-likeness (QED) is 0.861. The van der Waals surface area contributed by atoms with Gasteiger partial charge in [-0.15, -0.1) is 0 Å². The van der Waals surface area contributed by atoms with Crippen LogP contribution >= 0.6 is 0 Å². The Bertz CT molecular complexity index is 479. The van der Waals surface area contributed by atoms with Crippen LogP contribution in [-0.4, -0.2) is 30.5 Å². The van der Waals surface area contributed by atoms with E-state index in [2.05, 4.69) is 5.32 Å². The topological polar surface area (TPSA) is 65.3 Å². The zero-order valence-electron chi connectivity index (χ0n) is 10.7. The van der Waals surface area contributed by atoms with Crippen molar-refractivity contribution in [1.29, 1.82) is 5.26 Å². The van der Waals surface area contributed by atoms with Gasteiger partial charge in [-0.3, -0.25) is 0 Å². The van der Waals surface area contributed by atoms with Gasteiger partial charge in [0.15, 0.2) is 0 Å². The molecule has 4 nitrogen and oxygen atoms in total. The number of halogens is 1. The van der Waals surface area contributed by atoms with Crippen molar-refractivity contribution in [2.75, 3.05) is 19.8 Å². The largest absolute Gasteiger partial charge is 0.394 e. The van der Waals surface area contributed by atoms with Gasteiger partial charge in [-0.1, -0.05) is 0 Å². The Balaban J connectivity index is 2.05.